The number of nitrogens with one attached hydrogen (secondary N) is 1. The van der Waals surface area contributed by atoms with E-state index in [0.29, 0.717) is 5.82 Å². The lowest BCUT2D eigenvalue weighted by molar-refractivity contribution is -0.132. The summed E-state index contributed by atoms with van der Waals surface area (Å²) < 4.78 is 1.79. The topological polar surface area (TPSA) is 67.2 Å². The van der Waals surface area contributed by atoms with E-state index in [0.717, 1.165) is 28.1 Å². The van der Waals surface area contributed by atoms with E-state index in [1.54, 1.807) is 15.7 Å². The number of anilines is 1. The molecule has 1 N–H and O–H groups in total. The van der Waals surface area contributed by atoms with Crippen LogP contribution in [-0.4, -0.2) is 39.1 Å². The predicted octanol–water partition coefficient (Wildman–Crippen LogP) is 5.68. The van der Waals surface area contributed by atoms with Crippen molar-refractivity contribution in [3.05, 3.63) is 83.1 Å². The van der Waals surface area contributed by atoms with Gasteiger partial charge in [-0.1, -0.05) is 63.2 Å². The van der Waals surface area contributed by atoms with Gasteiger partial charge in [0.15, 0.2) is 0 Å². The van der Waals surface area contributed by atoms with E-state index in [2.05, 4.69) is 39.1 Å². The fourth-order valence-corrected chi connectivity index (χ4v) is 3.66. The Morgan fingerprint density at radius 1 is 1.06 bits per heavy atom. The summed E-state index contributed by atoms with van der Waals surface area (Å²) in [6.07, 6.45) is 3.28. The van der Waals surface area contributed by atoms with Gasteiger partial charge in [0.2, 0.25) is 11.8 Å². The van der Waals surface area contributed by atoms with Gasteiger partial charge in [0, 0.05) is 23.6 Å². The highest BCUT2D eigenvalue weighted by atomic mass is 16.2. The molecule has 1 aromatic heterocycles. The quantitative estimate of drug-likeness (QED) is 0.450. The van der Waals surface area contributed by atoms with Crippen LogP contribution in [0.1, 0.15) is 57.0 Å². The summed E-state index contributed by atoms with van der Waals surface area (Å²) in [6.45, 7) is 14.1. The Hall–Kier alpha value is -3.67. The molecular weight excluding hydrogens is 436 g/mol. The summed E-state index contributed by atoms with van der Waals surface area (Å²) in [6, 6.07) is 17.4. The van der Waals surface area contributed by atoms with E-state index in [9.17, 15) is 9.59 Å². The van der Waals surface area contributed by atoms with Crippen LogP contribution in [-0.2, 0) is 15.0 Å². The number of hydrogen-bond donors (Lipinski definition) is 1. The zero-order valence-electron chi connectivity index (χ0n) is 21.8. The zero-order valence-corrected chi connectivity index (χ0v) is 21.8. The van der Waals surface area contributed by atoms with Crippen molar-refractivity contribution in [3.8, 4) is 5.69 Å². The third kappa shape index (κ3) is 6.47. The minimum atomic E-state index is -0.271. The van der Waals surface area contributed by atoms with Gasteiger partial charge in [-0.25, -0.2) is 4.68 Å². The van der Waals surface area contributed by atoms with Crippen molar-refractivity contribution < 1.29 is 9.59 Å². The molecule has 0 fully saturated rings. The highest BCUT2D eigenvalue weighted by Gasteiger charge is 2.24. The first-order valence-corrected chi connectivity index (χ1v) is 12.0. The Kier molecular flexibility index (Phi) is 7.95. The van der Waals surface area contributed by atoms with Crippen molar-refractivity contribution in [2.45, 2.75) is 59.9 Å². The average Bonchev–Trinajstić information content (AvgIpc) is 3.22. The number of carbonyl (C=O) groups excluding carboxylic acids is 2. The molecule has 0 saturated carbocycles. The molecule has 35 heavy (non-hydrogen) atoms. The van der Waals surface area contributed by atoms with Gasteiger partial charge in [-0.2, -0.15) is 5.10 Å². The minimum Gasteiger partial charge on any atom is -0.327 e. The second kappa shape index (κ2) is 10.7. The van der Waals surface area contributed by atoms with Crippen LogP contribution in [0, 0.1) is 13.8 Å². The normalized spacial score (nSPS) is 11.8. The maximum atomic E-state index is 13.1. The third-order valence-corrected chi connectivity index (χ3v) is 5.99. The molecule has 2 aromatic carbocycles. The molecule has 0 saturated heterocycles. The van der Waals surface area contributed by atoms with Crippen molar-refractivity contribution in [1.82, 2.24) is 14.7 Å². The number of benzene rings is 2. The van der Waals surface area contributed by atoms with E-state index in [1.807, 2.05) is 69.3 Å². The summed E-state index contributed by atoms with van der Waals surface area (Å²) >= 11 is 0. The zero-order chi connectivity index (χ0) is 25.8. The Balaban J connectivity index is 1.85. The molecule has 3 aromatic rings. The van der Waals surface area contributed by atoms with Crippen molar-refractivity contribution >= 4 is 23.7 Å². The molecule has 0 aliphatic heterocycles. The first kappa shape index (κ1) is 25.9. The smallest absolute Gasteiger partial charge is 0.247 e. The van der Waals surface area contributed by atoms with Gasteiger partial charge < -0.3 is 10.2 Å². The summed E-state index contributed by atoms with van der Waals surface area (Å²) in [5, 5.41) is 7.84. The number of rotatable bonds is 7. The monoisotopic (exact) mass is 472 g/mol. The molecule has 0 atom stereocenters. The van der Waals surface area contributed by atoms with Gasteiger partial charge >= 0.3 is 0 Å². The molecule has 6 nitrogen and oxygen atoms in total. The van der Waals surface area contributed by atoms with E-state index in [-0.39, 0.29) is 29.8 Å². The first-order valence-electron chi connectivity index (χ1n) is 12.0. The molecule has 0 radical (unpaired) electrons. The van der Waals surface area contributed by atoms with Crippen LogP contribution in [0.5, 0.6) is 0 Å². The largest absolute Gasteiger partial charge is 0.327 e. The molecule has 0 aliphatic carbocycles. The van der Waals surface area contributed by atoms with Crippen molar-refractivity contribution in [3.63, 3.8) is 0 Å². The molecule has 0 spiro atoms. The standard InChI is InChI=1S/C29H36N4O2/c1-20(2)32(28(35)17-16-23-13-9-8-10-14-23)19-27(34)30-26-18-25(29(5,6)7)31-33(26)24-15-11-12-21(3)22(24)4/h8-18,20H,19H2,1-7H3,(H,30,34)/b17-16+. The van der Waals surface area contributed by atoms with Crippen LogP contribution in [0.4, 0.5) is 5.82 Å². The van der Waals surface area contributed by atoms with Gasteiger partial charge in [-0.3, -0.25) is 9.59 Å². The molecule has 2 amide bonds. The molecular formula is C29H36N4O2. The SMILES string of the molecule is Cc1cccc(-n2nc(C(C)(C)C)cc2NC(=O)CN(C(=O)/C=C/c2ccccc2)C(C)C)c1C. The van der Waals surface area contributed by atoms with Crippen LogP contribution < -0.4 is 5.32 Å². The number of nitrogens with zero attached hydrogens (tertiary/aromatic N) is 3. The van der Waals surface area contributed by atoms with E-state index in [4.69, 9.17) is 5.10 Å². The van der Waals surface area contributed by atoms with Gasteiger partial charge in [0.25, 0.3) is 0 Å². The second-order valence-corrected chi connectivity index (χ2v) is 10.1. The summed E-state index contributed by atoms with van der Waals surface area (Å²) in [7, 11) is 0. The van der Waals surface area contributed by atoms with Crippen LogP contribution >= 0.6 is 0 Å². The van der Waals surface area contributed by atoms with Crippen molar-refractivity contribution in [2.24, 2.45) is 0 Å². The van der Waals surface area contributed by atoms with Crippen LogP contribution in [0.3, 0.4) is 0 Å². The van der Waals surface area contributed by atoms with E-state index < -0.39 is 0 Å². The Morgan fingerprint density at radius 2 is 1.74 bits per heavy atom. The van der Waals surface area contributed by atoms with Crippen LogP contribution in [0.15, 0.2) is 60.7 Å². The molecule has 0 unspecified atom stereocenters. The average molecular weight is 473 g/mol. The molecule has 3 rings (SSSR count). The van der Waals surface area contributed by atoms with Gasteiger partial charge in [0.1, 0.15) is 12.4 Å². The summed E-state index contributed by atoms with van der Waals surface area (Å²) in [5.41, 5.74) is 4.77. The number of aromatic nitrogens is 2. The fraction of sp³-hybridized carbons (Fsp3) is 0.345. The Labute approximate surface area is 208 Å². The maximum Gasteiger partial charge on any atom is 0.247 e. The van der Waals surface area contributed by atoms with E-state index in [1.165, 1.54) is 6.08 Å². The fourth-order valence-electron chi connectivity index (χ4n) is 3.66. The molecule has 184 valence electrons. The lowest BCUT2D eigenvalue weighted by atomic mass is 9.92. The summed E-state index contributed by atoms with van der Waals surface area (Å²) in [5.74, 6) is 0.106. The third-order valence-electron chi connectivity index (χ3n) is 5.99. The number of carbonyl (C=O) groups is 2. The summed E-state index contributed by atoms with van der Waals surface area (Å²) in [4.78, 5) is 27.6. The number of aryl methyl sites for hydroxylation is 1. The highest BCUT2D eigenvalue weighted by molar-refractivity contribution is 5.98. The molecule has 1 heterocycles. The van der Waals surface area contributed by atoms with Gasteiger partial charge in [-0.15, -0.1) is 0 Å². The van der Waals surface area contributed by atoms with Crippen molar-refractivity contribution in [1.29, 1.82) is 0 Å². The van der Waals surface area contributed by atoms with Gasteiger partial charge in [0.05, 0.1) is 11.4 Å². The van der Waals surface area contributed by atoms with Gasteiger partial charge in [-0.05, 0) is 56.5 Å². The second-order valence-electron chi connectivity index (χ2n) is 10.1. The predicted molar refractivity (Wildman–Crippen MR) is 143 cm³/mol. The minimum absolute atomic E-state index is 0.0571. The van der Waals surface area contributed by atoms with Crippen molar-refractivity contribution in [2.75, 3.05) is 11.9 Å². The molecule has 6 heteroatoms. The maximum absolute atomic E-state index is 13.1. The number of amides is 2. The first-order chi connectivity index (χ1) is 16.5. The lowest BCUT2D eigenvalue weighted by Crippen LogP contribution is -2.41. The van der Waals surface area contributed by atoms with E-state index >= 15 is 0 Å². The highest BCUT2D eigenvalue weighted by Crippen LogP contribution is 2.28. The Bertz CT molecular complexity index is 1220. The Morgan fingerprint density at radius 3 is 2.37 bits per heavy atom. The molecule has 0 aliphatic rings. The van der Waals surface area contributed by atoms with Crippen LogP contribution in [0.2, 0.25) is 0 Å². The molecule has 0 bridgehead atoms. The number of hydrogen-bond acceptors (Lipinski definition) is 3. The van der Waals surface area contributed by atoms with Crippen LogP contribution in [0.25, 0.3) is 11.8 Å². The lowest BCUT2D eigenvalue weighted by Gasteiger charge is -2.25.